The van der Waals surface area contributed by atoms with E-state index in [0.717, 1.165) is 12.8 Å². The fraction of sp³-hybridized carbons (Fsp3) is 0.571. The van der Waals surface area contributed by atoms with Gasteiger partial charge in [0.1, 0.15) is 11.6 Å². The van der Waals surface area contributed by atoms with Crippen molar-refractivity contribution < 1.29 is 9.53 Å². The summed E-state index contributed by atoms with van der Waals surface area (Å²) < 4.78 is 5.41. The van der Waals surface area contributed by atoms with Crippen LogP contribution in [0.1, 0.15) is 26.7 Å². The number of pyridine rings is 1. The third kappa shape index (κ3) is 4.08. The van der Waals surface area contributed by atoms with Crippen molar-refractivity contribution in [2.75, 3.05) is 19.7 Å². The van der Waals surface area contributed by atoms with Gasteiger partial charge in [0.05, 0.1) is 12.0 Å². The Kier molecular flexibility index (Phi) is 6.75. The van der Waals surface area contributed by atoms with Crippen LogP contribution in [0.2, 0.25) is 5.02 Å². The molecule has 0 aliphatic rings. The highest BCUT2D eigenvalue weighted by Crippen LogP contribution is 2.24. The quantitative estimate of drug-likeness (QED) is 0.720. The van der Waals surface area contributed by atoms with Gasteiger partial charge in [-0.2, -0.15) is 0 Å². The van der Waals surface area contributed by atoms with Crippen molar-refractivity contribution in [3.8, 4) is 5.88 Å². The molecular formula is C14H22ClN3O2. The summed E-state index contributed by atoms with van der Waals surface area (Å²) in [6.45, 7) is 5.00. The highest BCUT2D eigenvalue weighted by molar-refractivity contribution is 6.31. The van der Waals surface area contributed by atoms with Gasteiger partial charge in [-0.05, 0) is 25.0 Å². The molecule has 0 saturated heterocycles. The number of ether oxygens (including phenoxy) is 1. The van der Waals surface area contributed by atoms with Gasteiger partial charge >= 0.3 is 0 Å². The highest BCUT2D eigenvalue weighted by atomic mass is 35.5. The summed E-state index contributed by atoms with van der Waals surface area (Å²) in [6, 6.07) is 3.44. The number of amides is 1. The normalized spacial score (nSPS) is 11.2. The Balaban J connectivity index is 2.41. The fourth-order valence-electron chi connectivity index (χ4n) is 1.93. The average molecular weight is 300 g/mol. The SMILES string of the molecule is CCC(CC)(CN)C(=O)NCCOc1ncccc1Cl. The molecule has 112 valence electrons. The Morgan fingerprint density at radius 3 is 2.75 bits per heavy atom. The minimum Gasteiger partial charge on any atom is -0.475 e. The van der Waals surface area contributed by atoms with Crippen LogP contribution in [0.4, 0.5) is 0 Å². The molecule has 0 aliphatic heterocycles. The molecule has 0 aliphatic carbocycles. The van der Waals surface area contributed by atoms with Gasteiger partial charge in [0.15, 0.2) is 0 Å². The van der Waals surface area contributed by atoms with Crippen molar-refractivity contribution in [1.29, 1.82) is 0 Å². The van der Waals surface area contributed by atoms with E-state index in [9.17, 15) is 4.79 Å². The predicted molar refractivity (Wildman–Crippen MR) is 79.8 cm³/mol. The number of nitrogens with two attached hydrogens (primary N) is 1. The Morgan fingerprint density at radius 1 is 1.50 bits per heavy atom. The summed E-state index contributed by atoms with van der Waals surface area (Å²) in [4.78, 5) is 16.2. The zero-order chi connectivity index (χ0) is 15.0. The molecule has 0 radical (unpaired) electrons. The van der Waals surface area contributed by atoms with Gasteiger partial charge in [0.25, 0.3) is 0 Å². The second-order valence-corrected chi connectivity index (χ2v) is 4.99. The first-order valence-corrected chi connectivity index (χ1v) is 7.19. The maximum atomic E-state index is 12.1. The lowest BCUT2D eigenvalue weighted by atomic mass is 9.81. The molecule has 6 heteroatoms. The lowest BCUT2D eigenvalue weighted by Crippen LogP contribution is -2.46. The summed E-state index contributed by atoms with van der Waals surface area (Å²) >= 11 is 5.91. The van der Waals surface area contributed by atoms with Crippen molar-refractivity contribution >= 4 is 17.5 Å². The van der Waals surface area contributed by atoms with Crippen LogP contribution >= 0.6 is 11.6 Å². The molecular weight excluding hydrogens is 278 g/mol. The van der Waals surface area contributed by atoms with E-state index < -0.39 is 5.41 Å². The number of nitrogens with zero attached hydrogens (tertiary/aromatic N) is 1. The van der Waals surface area contributed by atoms with Gasteiger partial charge in [-0.3, -0.25) is 4.79 Å². The molecule has 1 rings (SSSR count). The van der Waals surface area contributed by atoms with Gasteiger partial charge in [-0.15, -0.1) is 0 Å². The summed E-state index contributed by atoms with van der Waals surface area (Å²) in [7, 11) is 0. The Labute approximate surface area is 124 Å². The summed E-state index contributed by atoms with van der Waals surface area (Å²) in [5.41, 5.74) is 5.24. The molecule has 0 atom stereocenters. The number of aromatic nitrogens is 1. The number of hydrogen-bond donors (Lipinski definition) is 2. The second kappa shape index (κ2) is 8.07. The Hall–Kier alpha value is -1.33. The second-order valence-electron chi connectivity index (χ2n) is 4.59. The van der Waals surface area contributed by atoms with Crippen LogP contribution in [-0.2, 0) is 4.79 Å². The van der Waals surface area contributed by atoms with Crippen LogP contribution in [0.15, 0.2) is 18.3 Å². The number of rotatable bonds is 8. The molecule has 1 heterocycles. The van der Waals surface area contributed by atoms with Gasteiger partial charge in [0.2, 0.25) is 11.8 Å². The van der Waals surface area contributed by atoms with E-state index >= 15 is 0 Å². The number of carbonyl (C=O) groups excluding carboxylic acids is 1. The number of halogens is 1. The monoisotopic (exact) mass is 299 g/mol. The highest BCUT2D eigenvalue weighted by Gasteiger charge is 2.32. The minimum atomic E-state index is -0.483. The third-order valence-electron chi connectivity index (χ3n) is 3.58. The van der Waals surface area contributed by atoms with Crippen LogP contribution in [0.25, 0.3) is 0 Å². The van der Waals surface area contributed by atoms with Crippen LogP contribution in [0.5, 0.6) is 5.88 Å². The molecule has 0 aromatic carbocycles. The minimum absolute atomic E-state index is 0.0271. The largest absolute Gasteiger partial charge is 0.475 e. The van der Waals surface area contributed by atoms with Crippen molar-refractivity contribution in [3.05, 3.63) is 23.4 Å². The maximum Gasteiger partial charge on any atom is 0.232 e. The fourth-order valence-corrected chi connectivity index (χ4v) is 2.11. The topological polar surface area (TPSA) is 77.2 Å². The number of hydrogen-bond acceptors (Lipinski definition) is 4. The van der Waals surface area contributed by atoms with E-state index in [1.54, 1.807) is 18.3 Å². The van der Waals surface area contributed by atoms with E-state index in [0.29, 0.717) is 30.6 Å². The third-order valence-corrected chi connectivity index (χ3v) is 3.86. The smallest absolute Gasteiger partial charge is 0.232 e. The average Bonchev–Trinajstić information content (AvgIpc) is 2.48. The summed E-state index contributed by atoms with van der Waals surface area (Å²) in [6.07, 6.45) is 3.05. The Morgan fingerprint density at radius 2 is 2.20 bits per heavy atom. The maximum absolute atomic E-state index is 12.1. The lowest BCUT2D eigenvalue weighted by Gasteiger charge is -2.28. The van der Waals surface area contributed by atoms with E-state index in [1.165, 1.54) is 0 Å². The first kappa shape index (κ1) is 16.7. The number of carbonyl (C=O) groups is 1. The van der Waals surface area contributed by atoms with Gasteiger partial charge in [-0.25, -0.2) is 4.98 Å². The molecule has 0 unspecified atom stereocenters. The first-order chi connectivity index (χ1) is 9.59. The molecule has 0 fully saturated rings. The predicted octanol–water partition coefficient (Wildman–Crippen LogP) is 2.00. The summed E-state index contributed by atoms with van der Waals surface area (Å²) in [5.74, 6) is 0.347. The van der Waals surface area contributed by atoms with Gasteiger partial charge in [0, 0.05) is 12.7 Å². The van der Waals surface area contributed by atoms with Crippen LogP contribution < -0.4 is 15.8 Å². The zero-order valence-corrected chi connectivity index (χ0v) is 12.7. The number of nitrogens with one attached hydrogen (secondary N) is 1. The van der Waals surface area contributed by atoms with E-state index in [1.807, 2.05) is 13.8 Å². The molecule has 0 spiro atoms. The van der Waals surface area contributed by atoms with Gasteiger partial charge in [-0.1, -0.05) is 25.4 Å². The molecule has 0 saturated carbocycles. The van der Waals surface area contributed by atoms with Crippen molar-refractivity contribution in [3.63, 3.8) is 0 Å². The molecule has 1 aromatic rings. The van der Waals surface area contributed by atoms with Gasteiger partial charge < -0.3 is 15.8 Å². The van der Waals surface area contributed by atoms with Crippen molar-refractivity contribution in [2.24, 2.45) is 11.1 Å². The zero-order valence-electron chi connectivity index (χ0n) is 12.0. The molecule has 3 N–H and O–H groups in total. The van der Waals surface area contributed by atoms with Crippen LogP contribution in [0, 0.1) is 5.41 Å². The van der Waals surface area contributed by atoms with E-state index in [4.69, 9.17) is 22.1 Å². The molecule has 5 nitrogen and oxygen atoms in total. The van der Waals surface area contributed by atoms with Crippen molar-refractivity contribution in [2.45, 2.75) is 26.7 Å². The molecule has 20 heavy (non-hydrogen) atoms. The standard InChI is InChI=1S/C14H22ClN3O2/c1-3-14(4-2,10-16)13(19)18-8-9-20-12-11(15)6-5-7-17-12/h5-7H,3-4,8-10,16H2,1-2H3,(H,18,19). The van der Waals surface area contributed by atoms with E-state index in [2.05, 4.69) is 10.3 Å². The van der Waals surface area contributed by atoms with Crippen molar-refractivity contribution in [1.82, 2.24) is 10.3 Å². The van der Waals surface area contributed by atoms with E-state index in [-0.39, 0.29) is 5.91 Å². The first-order valence-electron chi connectivity index (χ1n) is 6.81. The molecule has 1 amide bonds. The lowest BCUT2D eigenvalue weighted by molar-refractivity contribution is -0.131. The molecule has 0 bridgehead atoms. The van der Waals surface area contributed by atoms with Crippen LogP contribution in [0.3, 0.4) is 0 Å². The molecule has 1 aromatic heterocycles. The summed E-state index contributed by atoms with van der Waals surface area (Å²) in [5, 5.41) is 3.31. The van der Waals surface area contributed by atoms with Crippen LogP contribution in [-0.4, -0.2) is 30.6 Å². The Bertz CT molecular complexity index is 428.